The lowest BCUT2D eigenvalue weighted by molar-refractivity contribution is -0.160. The van der Waals surface area contributed by atoms with Crippen molar-refractivity contribution in [1.29, 1.82) is 0 Å². The van der Waals surface area contributed by atoms with Crippen LogP contribution in [0.25, 0.3) is 0 Å². The molecule has 0 unspecified atom stereocenters. The number of carbonyl (C=O) groups excluding carboxylic acids is 1. The van der Waals surface area contributed by atoms with Gasteiger partial charge in [0.05, 0.1) is 24.0 Å². The Kier molecular flexibility index (Phi) is 4.19. The van der Waals surface area contributed by atoms with Crippen molar-refractivity contribution in [3.8, 4) is 0 Å². The fourth-order valence-corrected chi connectivity index (χ4v) is 3.58. The van der Waals surface area contributed by atoms with Crippen molar-refractivity contribution < 1.29 is 18.7 Å². The van der Waals surface area contributed by atoms with Gasteiger partial charge in [0.15, 0.2) is 5.78 Å². The molecule has 5 heteroatoms. The Hall–Kier alpha value is -1.46. The van der Waals surface area contributed by atoms with E-state index in [4.69, 9.17) is 9.47 Å². The molecule has 0 N–H and O–H groups in total. The fraction of sp³-hybridized carbons (Fsp3) is 0.588. The Morgan fingerprint density at radius 1 is 1.45 bits per heavy atom. The second-order valence-corrected chi connectivity index (χ2v) is 6.34. The number of morpholine rings is 1. The molecule has 3 rings (SSSR count). The average molecular weight is 307 g/mol. The molecule has 1 aromatic carbocycles. The molecule has 2 aliphatic heterocycles. The van der Waals surface area contributed by atoms with Crippen LogP contribution in [0, 0.1) is 5.82 Å². The third kappa shape index (κ3) is 2.88. The summed E-state index contributed by atoms with van der Waals surface area (Å²) in [6.45, 7) is 6.00. The van der Waals surface area contributed by atoms with Crippen LogP contribution in [0.4, 0.5) is 10.1 Å². The molecule has 1 spiro atoms. The van der Waals surface area contributed by atoms with Crippen molar-refractivity contribution in [1.82, 2.24) is 0 Å². The smallest absolute Gasteiger partial charge is 0.164 e. The first kappa shape index (κ1) is 15.4. The van der Waals surface area contributed by atoms with Crippen molar-refractivity contribution in [3.63, 3.8) is 0 Å². The summed E-state index contributed by atoms with van der Waals surface area (Å²) in [7, 11) is 0. The van der Waals surface area contributed by atoms with Gasteiger partial charge in [-0.2, -0.15) is 0 Å². The molecule has 22 heavy (non-hydrogen) atoms. The van der Waals surface area contributed by atoms with Crippen LogP contribution in [0.3, 0.4) is 0 Å². The highest BCUT2D eigenvalue weighted by Gasteiger charge is 2.42. The van der Waals surface area contributed by atoms with Gasteiger partial charge in [0.2, 0.25) is 0 Å². The molecular formula is C17H22FNO3. The first-order valence-electron chi connectivity index (χ1n) is 7.81. The number of ether oxygens (including phenoxy) is 2. The molecule has 2 aliphatic rings. The van der Waals surface area contributed by atoms with E-state index in [1.54, 1.807) is 6.07 Å². The third-order valence-corrected chi connectivity index (χ3v) is 4.38. The summed E-state index contributed by atoms with van der Waals surface area (Å²) >= 11 is 0. The van der Waals surface area contributed by atoms with Crippen molar-refractivity contribution in [2.75, 3.05) is 31.2 Å². The maximum Gasteiger partial charge on any atom is 0.164 e. The first-order valence-corrected chi connectivity index (χ1v) is 7.81. The largest absolute Gasteiger partial charge is 0.378 e. The highest BCUT2D eigenvalue weighted by molar-refractivity contribution is 6.00. The maximum absolute atomic E-state index is 14.1. The quantitative estimate of drug-likeness (QED) is 0.788. The minimum Gasteiger partial charge on any atom is -0.378 e. The topological polar surface area (TPSA) is 38.8 Å². The molecule has 4 nitrogen and oxygen atoms in total. The summed E-state index contributed by atoms with van der Waals surface area (Å²) in [5.41, 5.74) is 0.479. The molecule has 2 heterocycles. The zero-order valence-electron chi connectivity index (χ0n) is 13.1. The lowest BCUT2D eigenvalue weighted by Crippen LogP contribution is -2.59. The molecule has 0 aromatic heterocycles. The van der Waals surface area contributed by atoms with Gasteiger partial charge < -0.3 is 14.4 Å². The summed E-state index contributed by atoms with van der Waals surface area (Å²) < 4.78 is 25.8. The zero-order chi connectivity index (χ0) is 15.7. The molecule has 0 amide bonds. The minimum absolute atomic E-state index is 0.0125. The number of Topliss-reactive ketones (excluding diaryl/α,β-unsaturated/α-hetero) is 1. The molecule has 1 aromatic rings. The highest BCUT2D eigenvalue weighted by atomic mass is 19.1. The Morgan fingerprint density at radius 3 is 2.95 bits per heavy atom. The van der Waals surface area contributed by atoms with Crippen molar-refractivity contribution in [2.24, 2.45) is 0 Å². The standard InChI is InChI=1S/C17H22FNO3/c1-12-9-19(10-17(22-12)7-4-8-21-11-17)15-6-3-5-14(18)16(15)13(2)20/h3,5-6,12H,4,7-11H2,1-2H3/t12-,17+/m0/s1. The van der Waals surface area contributed by atoms with Gasteiger partial charge in [-0.1, -0.05) is 6.07 Å². The minimum atomic E-state index is -0.460. The van der Waals surface area contributed by atoms with Crippen LogP contribution in [-0.2, 0) is 9.47 Å². The molecule has 2 atom stereocenters. The summed E-state index contributed by atoms with van der Waals surface area (Å²) in [4.78, 5) is 13.9. The van der Waals surface area contributed by atoms with Crippen LogP contribution < -0.4 is 4.90 Å². The van der Waals surface area contributed by atoms with Gasteiger partial charge in [-0.25, -0.2) is 4.39 Å². The van der Waals surface area contributed by atoms with Crippen LogP contribution in [0.1, 0.15) is 37.0 Å². The van der Waals surface area contributed by atoms with Gasteiger partial charge >= 0.3 is 0 Å². The van der Waals surface area contributed by atoms with E-state index in [0.717, 1.165) is 19.4 Å². The van der Waals surface area contributed by atoms with Crippen molar-refractivity contribution in [3.05, 3.63) is 29.6 Å². The number of hydrogen-bond donors (Lipinski definition) is 0. The molecule has 0 bridgehead atoms. The lowest BCUT2D eigenvalue weighted by Gasteiger charge is -2.48. The van der Waals surface area contributed by atoms with Crippen LogP contribution in [0.2, 0.25) is 0 Å². The van der Waals surface area contributed by atoms with Crippen LogP contribution in [0.15, 0.2) is 18.2 Å². The zero-order valence-corrected chi connectivity index (χ0v) is 13.1. The number of rotatable bonds is 2. The number of nitrogens with zero attached hydrogens (tertiary/aromatic N) is 1. The molecule has 0 radical (unpaired) electrons. The van der Waals surface area contributed by atoms with Gasteiger partial charge in [0.25, 0.3) is 0 Å². The summed E-state index contributed by atoms with van der Waals surface area (Å²) in [5.74, 6) is -0.709. The highest BCUT2D eigenvalue weighted by Crippen LogP contribution is 2.34. The molecule has 2 fully saturated rings. The van der Waals surface area contributed by atoms with Gasteiger partial charge in [-0.3, -0.25) is 4.79 Å². The van der Waals surface area contributed by atoms with Crippen molar-refractivity contribution in [2.45, 2.75) is 38.4 Å². The molecule has 120 valence electrons. The molecule has 0 saturated carbocycles. The van der Waals surface area contributed by atoms with Gasteiger partial charge in [-0.05, 0) is 38.8 Å². The second kappa shape index (κ2) is 5.97. The van der Waals surface area contributed by atoms with Crippen molar-refractivity contribution >= 4 is 11.5 Å². The summed E-state index contributed by atoms with van der Waals surface area (Å²) in [6.07, 6.45) is 1.90. The number of anilines is 1. The number of hydrogen-bond acceptors (Lipinski definition) is 4. The Balaban J connectivity index is 1.94. The third-order valence-electron chi connectivity index (χ3n) is 4.38. The Labute approximate surface area is 130 Å². The van der Waals surface area contributed by atoms with Gasteiger partial charge in [0.1, 0.15) is 11.4 Å². The fourth-order valence-electron chi connectivity index (χ4n) is 3.58. The molecular weight excluding hydrogens is 285 g/mol. The predicted molar refractivity (Wildman–Crippen MR) is 81.9 cm³/mol. The first-order chi connectivity index (χ1) is 10.5. The molecule has 2 saturated heterocycles. The normalized spacial score (nSPS) is 28.9. The van der Waals surface area contributed by atoms with E-state index in [1.165, 1.54) is 13.0 Å². The number of carbonyl (C=O) groups is 1. The molecule has 0 aliphatic carbocycles. The van der Waals surface area contributed by atoms with Crippen LogP contribution in [0.5, 0.6) is 0 Å². The van der Waals surface area contributed by atoms with E-state index in [0.29, 0.717) is 25.4 Å². The Morgan fingerprint density at radius 2 is 2.27 bits per heavy atom. The van der Waals surface area contributed by atoms with E-state index < -0.39 is 5.82 Å². The van der Waals surface area contributed by atoms with Gasteiger partial charge in [0, 0.05) is 19.7 Å². The number of halogens is 1. The van der Waals surface area contributed by atoms with Crippen LogP contribution >= 0.6 is 0 Å². The summed E-state index contributed by atoms with van der Waals surface area (Å²) in [6, 6.07) is 4.81. The monoisotopic (exact) mass is 307 g/mol. The maximum atomic E-state index is 14.1. The van der Waals surface area contributed by atoms with E-state index in [9.17, 15) is 9.18 Å². The van der Waals surface area contributed by atoms with E-state index in [-0.39, 0.29) is 23.1 Å². The predicted octanol–water partition coefficient (Wildman–Crippen LogP) is 2.80. The average Bonchev–Trinajstić information content (AvgIpc) is 2.46. The lowest BCUT2D eigenvalue weighted by atomic mass is 9.92. The second-order valence-electron chi connectivity index (χ2n) is 6.34. The van der Waals surface area contributed by atoms with Gasteiger partial charge in [-0.15, -0.1) is 0 Å². The number of benzene rings is 1. The van der Waals surface area contributed by atoms with E-state index >= 15 is 0 Å². The summed E-state index contributed by atoms with van der Waals surface area (Å²) in [5, 5.41) is 0. The SMILES string of the molecule is CC(=O)c1c(F)cccc1N1C[C@H](C)O[C@]2(CCCOC2)C1. The number of ketones is 1. The van der Waals surface area contributed by atoms with Crippen LogP contribution in [-0.4, -0.2) is 43.8 Å². The Bertz CT molecular complexity index is 569. The van der Waals surface area contributed by atoms with E-state index in [2.05, 4.69) is 4.90 Å². The van der Waals surface area contributed by atoms with E-state index in [1.807, 2.05) is 13.0 Å².